The highest BCUT2D eigenvalue weighted by atomic mass is 28.3. The Morgan fingerprint density at radius 1 is 1.23 bits per heavy atom. The molecule has 0 aromatic rings. The van der Waals surface area contributed by atoms with E-state index in [1.54, 1.807) is 0 Å². The summed E-state index contributed by atoms with van der Waals surface area (Å²) >= 11 is 0. The lowest BCUT2D eigenvalue weighted by Gasteiger charge is -2.26. The number of unbranched alkanes of at least 4 members (excludes halogenated alkanes) is 2. The molecule has 13 heavy (non-hydrogen) atoms. The summed E-state index contributed by atoms with van der Waals surface area (Å²) in [6.45, 7) is 2.29. The minimum Gasteiger partial charge on any atom is -0.423 e. The Kier molecular flexibility index (Phi) is 5.72. The van der Waals surface area contributed by atoms with E-state index in [2.05, 4.69) is 6.92 Å². The lowest BCUT2D eigenvalue weighted by molar-refractivity contribution is 0.360. The molecule has 0 aromatic carbocycles. The third-order valence-electron chi connectivity index (χ3n) is 3.34. The molecule has 0 radical (unpaired) electrons. The van der Waals surface area contributed by atoms with Crippen molar-refractivity contribution in [2.45, 2.75) is 57.5 Å². The maximum Gasteiger partial charge on any atom is 0.176 e. The van der Waals surface area contributed by atoms with E-state index in [1.165, 1.54) is 50.6 Å². The highest BCUT2D eigenvalue weighted by Crippen LogP contribution is 2.29. The molecule has 1 nitrogen and oxygen atoms in total. The van der Waals surface area contributed by atoms with Gasteiger partial charge in [-0.2, -0.15) is 0 Å². The topological polar surface area (TPSA) is 9.23 Å². The predicted molar refractivity (Wildman–Crippen MR) is 60.6 cm³/mol. The lowest BCUT2D eigenvalue weighted by atomic mass is 9.96. The van der Waals surface area contributed by atoms with Crippen LogP contribution in [-0.4, -0.2) is 16.2 Å². The van der Waals surface area contributed by atoms with Gasteiger partial charge < -0.3 is 4.43 Å². The molecule has 1 rings (SSSR count). The van der Waals surface area contributed by atoms with Crippen molar-refractivity contribution in [3.8, 4) is 0 Å². The highest BCUT2D eigenvalue weighted by Gasteiger charge is 2.21. The minimum atomic E-state index is -0.685. The summed E-state index contributed by atoms with van der Waals surface area (Å²) < 4.78 is 5.50. The van der Waals surface area contributed by atoms with Crippen molar-refractivity contribution in [2.75, 3.05) is 7.11 Å². The Bertz CT molecular complexity index is 117. The molecular formula is C11H24OSi. The third kappa shape index (κ3) is 4.27. The van der Waals surface area contributed by atoms with Gasteiger partial charge in [-0.05, 0) is 18.0 Å². The Labute approximate surface area is 84.6 Å². The van der Waals surface area contributed by atoms with Gasteiger partial charge >= 0.3 is 0 Å². The minimum absolute atomic E-state index is 0.685. The molecule has 1 saturated heterocycles. The highest BCUT2D eigenvalue weighted by molar-refractivity contribution is 6.51. The van der Waals surface area contributed by atoms with Crippen molar-refractivity contribution in [3.63, 3.8) is 0 Å². The molecule has 1 fully saturated rings. The van der Waals surface area contributed by atoms with E-state index in [4.69, 9.17) is 4.43 Å². The van der Waals surface area contributed by atoms with Crippen LogP contribution in [0.5, 0.6) is 0 Å². The molecule has 0 spiro atoms. The standard InChI is InChI=1S/C11H24OSi/c1-3-4-5-6-11-7-9-13(12-2)10-8-11/h11,13H,3-10H2,1-2H3. The van der Waals surface area contributed by atoms with Crippen LogP contribution in [0.25, 0.3) is 0 Å². The van der Waals surface area contributed by atoms with Gasteiger partial charge in [0.2, 0.25) is 0 Å². The summed E-state index contributed by atoms with van der Waals surface area (Å²) in [4.78, 5) is 0. The summed E-state index contributed by atoms with van der Waals surface area (Å²) in [5.74, 6) is 1.05. The molecule has 2 heteroatoms. The number of hydrogen-bond acceptors (Lipinski definition) is 1. The van der Waals surface area contributed by atoms with Gasteiger partial charge in [0, 0.05) is 7.11 Å². The van der Waals surface area contributed by atoms with Gasteiger partial charge in [-0.25, -0.2) is 0 Å². The van der Waals surface area contributed by atoms with E-state index in [9.17, 15) is 0 Å². The van der Waals surface area contributed by atoms with E-state index in [1.807, 2.05) is 7.11 Å². The monoisotopic (exact) mass is 200 g/mol. The fourth-order valence-electron chi connectivity index (χ4n) is 2.34. The van der Waals surface area contributed by atoms with Crippen LogP contribution in [0.3, 0.4) is 0 Å². The zero-order valence-electron chi connectivity index (χ0n) is 9.22. The molecule has 0 saturated carbocycles. The average molecular weight is 200 g/mol. The van der Waals surface area contributed by atoms with Crippen LogP contribution in [0, 0.1) is 5.92 Å². The molecule has 1 aliphatic heterocycles. The molecule has 0 aliphatic carbocycles. The van der Waals surface area contributed by atoms with E-state index in [0.29, 0.717) is 0 Å². The van der Waals surface area contributed by atoms with Crippen LogP contribution in [0.15, 0.2) is 0 Å². The second-order valence-corrected chi connectivity index (χ2v) is 7.24. The molecule has 0 atom stereocenters. The van der Waals surface area contributed by atoms with Crippen molar-refractivity contribution < 1.29 is 4.43 Å². The van der Waals surface area contributed by atoms with Crippen LogP contribution in [-0.2, 0) is 4.43 Å². The van der Waals surface area contributed by atoms with Crippen LogP contribution in [0.2, 0.25) is 12.1 Å². The van der Waals surface area contributed by atoms with E-state index < -0.39 is 9.04 Å². The van der Waals surface area contributed by atoms with Gasteiger partial charge in [0.25, 0.3) is 0 Å². The maximum atomic E-state index is 5.50. The molecule has 0 N–H and O–H groups in total. The second-order valence-electron chi connectivity index (χ2n) is 4.37. The Morgan fingerprint density at radius 2 is 1.92 bits per heavy atom. The number of rotatable bonds is 5. The zero-order chi connectivity index (χ0) is 9.52. The normalized spacial score (nSPS) is 29.1. The molecule has 78 valence electrons. The lowest BCUT2D eigenvalue weighted by Crippen LogP contribution is -2.23. The SMILES string of the molecule is CCCCCC1CC[SiH](OC)CC1. The summed E-state index contributed by atoms with van der Waals surface area (Å²) in [5.41, 5.74) is 0. The third-order valence-corrected chi connectivity index (χ3v) is 5.96. The zero-order valence-corrected chi connectivity index (χ0v) is 10.4. The van der Waals surface area contributed by atoms with Crippen LogP contribution in [0.4, 0.5) is 0 Å². The van der Waals surface area contributed by atoms with E-state index in [0.717, 1.165) is 5.92 Å². The molecule has 1 aliphatic rings. The quantitative estimate of drug-likeness (QED) is 0.488. The van der Waals surface area contributed by atoms with Crippen molar-refractivity contribution in [1.29, 1.82) is 0 Å². The summed E-state index contributed by atoms with van der Waals surface area (Å²) in [7, 11) is 1.23. The predicted octanol–water partition coefficient (Wildman–Crippen LogP) is 3.35. The van der Waals surface area contributed by atoms with Crippen molar-refractivity contribution >= 4 is 9.04 Å². The average Bonchev–Trinajstić information content (AvgIpc) is 2.19. The van der Waals surface area contributed by atoms with Gasteiger partial charge in [-0.3, -0.25) is 0 Å². The summed E-state index contributed by atoms with van der Waals surface area (Å²) in [6.07, 6.45) is 8.67. The van der Waals surface area contributed by atoms with E-state index >= 15 is 0 Å². The molecular weight excluding hydrogens is 176 g/mol. The number of hydrogen-bond donors (Lipinski definition) is 0. The van der Waals surface area contributed by atoms with Gasteiger partial charge in [-0.15, -0.1) is 0 Å². The van der Waals surface area contributed by atoms with Gasteiger partial charge in [0.05, 0.1) is 0 Å². The Balaban J connectivity index is 2.03. The van der Waals surface area contributed by atoms with Crippen molar-refractivity contribution in [2.24, 2.45) is 5.92 Å². The summed E-state index contributed by atoms with van der Waals surface area (Å²) in [6, 6.07) is 2.88. The fraction of sp³-hybridized carbons (Fsp3) is 1.00. The second kappa shape index (κ2) is 6.60. The van der Waals surface area contributed by atoms with Crippen LogP contribution < -0.4 is 0 Å². The molecule has 0 amide bonds. The summed E-state index contributed by atoms with van der Waals surface area (Å²) in [5, 5.41) is 0. The van der Waals surface area contributed by atoms with Crippen LogP contribution >= 0.6 is 0 Å². The van der Waals surface area contributed by atoms with Gasteiger partial charge in [0.1, 0.15) is 0 Å². The first-order valence-electron chi connectivity index (χ1n) is 5.89. The van der Waals surface area contributed by atoms with Gasteiger partial charge in [0.15, 0.2) is 9.04 Å². The largest absolute Gasteiger partial charge is 0.423 e. The fourth-order valence-corrected chi connectivity index (χ4v) is 4.79. The molecule has 0 bridgehead atoms. The molecule has 0 aromatic heterocycles. The Morgan fingerprint density at radius 3 is 2.46 bits per heavy atom. The first-order valence-corrected chi connectivity index (χ1v) is 8.00. The van der Waals surface area contributed by atoms with Crippen LogP contribution in [0.1, 0.15) is 45.4 Å². The molecule has 0 unspecified atom stereocenters. The maximum absolute atomic E-state index is 5.50. The van der Waals surface area contributed by atoms with Crippen molar-refractivity contribution in [1.82, 2.24) is 0 Å². The first-order chi connectivity index (χ1) is 6.36. The van der Waals surface area contributed by atoms with Gasteiger partial charge in [-0.1, -0.05) is 45.4 Å². The smallest absolute Gasteiger partial charge is 0.176 e. The first kappa shape index (κ1) is 11.3. The van der Waals surface area contributed by atoms with E-state index in [-0.39, 0.29) is 0 Å². The Hall–Kier alpha value is 0.177. The van der Waals surface area contributed by atoms with Crippen molar-refractivity contribution in [3.05, 3.63) is 0 Å². The molecule has 1 heterocycles.